The van der Waals surface area contributed by atoms with Crippen molar-refractivity contribution in [2.24, 2.45) is 0 Å². The number of carbonyl (C=O) groups excluding carboxylic acids is 1. The van der Waals surface area contributed by atoms with Crippen LogP contribution in [0.1, 0.15) is 10.5 Å². The first-order valence-electron chi connectivity index (χ1n) is 8.94. The van der Waals surface area contributed by atoms with Crippen molar-refractivity contribution < 1.29 is 4.79 Å². The molecule has 144 valence electrons. The molecule has 0 spiro atoms. The molecule has 4 aromatic rings. The van der Waals surface area contributed by atoms with Gasteiger partial charge in [-0.05, 0) is 30.3 Å². The number of carbonyl (C=O) groups is 1. The van der Waals surface area contributed by atoms with Crippen LogP contribution in [0.3, 0.4) is 0 Å². The molecule has 4 rings (SSSR count). The fourth-order valence-electron chi connectivity index (χ4n) is 2.82. The Labute approximate surface area is 171 Å². The smallest absolute Gasteiger partial charge is 0.271 e. The van der Waals surface area contributed by atoms with E-state index in [0.717, 1.165) is 11.1 Å². The number of halogens is 1. The Hall–Kier alpha value is -3.58. The molecule has 0 fully saturated rings. The summed E-state index contributed by atoms with van der Waals surface area (Å²) in [6.45, 7) is 0.456. The van der Waals surface area contributed by atoms with E-state index >= 15 is 0 Å². The molecule has 0 atom stereocenters. The van der Waals surface area contributed by atoms with Gasteiger partial charge in [0, 0.05) is 23.2 Å². The zero-order valence-electron chi connectivity index (χ0n) is 15.2. The number of rotatable bonds is 5. The molecule has 0 saturated heterocycles. The molecular weight excluding hydrogens is 390 g/mol. The number of benzene rings is 2. The van der Waals surface area contributed by atoms with Gasteiger partial charge < -0.3 is 5.32 Å². The third-order valence-corrected chi connectivity index (χ3v) is 4.55. The fourth-order valence-corrected chi connectivity index (χ4v) is 2.94. The van der Waals surface area contributed by atoms with E-state index in [2.05, 4.69) is 20.4 Å². The summed E-state index contributed by atoms with van der Waals surface area (Å²) in [5.74, 6) is -0.356. The van der Waals surface area contributed by atoms with Crippen molar-refractivity contribution >= 4 is 28.5 Å². The van der Waals surface area contributed by atoms with Gasteiger partial charge in [-0.3, -0.25) is 14.6 Å². The van der Waals surface area contributed by atoms with Crippen LogP contribution in [-0.2, 0) is 6.54 Å². The van der Waals surface area contributed by atoms with Crippen LogP contribution in [0.15, 0.2) is 71.7 Å². The highest BCUT2D eigenvalue weighted by molar-refractivity contribution is 6.30. The van der Waals surface area contributed by atoms with Gasteiger partial charge in [0.05, 0.1) is 29.5 Å². The second kappa shape index (κ2) is 8.20. The molecule has 2 aromatic carbocycles. The standard InChI is InChI=1S/C21H16ClN5O2/c22-15-7-5-14(6-8-15)16-9-10-20(28)27(26-16)12-11-23-21(29)19-13-24-17-3-1-2-4-18(17)25-19/h1-10,13H,11-12H2,(H,23,29). The number of hydrogen-bond donors (Lipinski definition) is 1. The van der Waals surface area contributed by atoms with Crippen LogP contribution in [0.25, 0.3) is 22.3 Å². The topological polar surface area (TPSA) is 89.8 Å². The molecule has 0 aliphatic rings. The van der Waals surface area contributed by atoms with Crippen molar-refractivity contribution in [2.75, 3.05) is 6.54 Å². The molecule has 1 amide bonds. The van der Waals surface area contributed by atoms with Crippen molar-refractivity contribution in [3.05, 3.63) is 87.9 Å². The molecule has 7 nitrogen and oxygen atoms in total. The van der Waals surface area contributed by atoms with E-state index in [0.29, 0.717) is 16.2 Å². The van der Waals surface area contributed by atoms with Crippen LogP contribution >= 0.6 is 11.6 Å². The Morgan fingerprint density at radius 2 is 1.76 bits per heavy atom. The predicted molar refractivity (Wildman–Crippen MR) is 111 cm³/mol. The van der Waals surface area contributed by atoms with Crippen LogP contribution in [0.4, 0.5) is 0 Å². The van der Waals surface area contributed by atoms with Crippen molar-refractivity contribution in [1.29, 1.82) is 0 Å². The van der Waals surface area contributed by atoms with Crippen LogP contribution in [0.5, 0.6) is 0 Å². The largest absolute Gasteiger partial charge is 0.349 e. The average molecular weight is 406 g/mol. The van der Waals surface area contributed by atoms with Gasteiger partial charge in [0.25, 0.3) is 11.5 Å². The minimum atomic E-state index is -0.356. The highest BCUT2D eigenvalue weighted by atomic mass is 35.5. The van der Waals surface area contributed by atoms with E-state index in [1.54, 1.807) is 24.3 Å². The number of para-hydroxylation sites is 2. The quantitative estimate of drug-likeness (QED) is 0.551. The van der Waals surface area contributed by atoms with E-state index in [1.807, 2.05) is 30.3 Å². The summed E-state index contributed by atoms with van der Waals surface area (Å²) in [5, 5.41) is 7.74. The molecule has 1 N–H and O–H groups in total. The summed E-state index contributed by atoms with van der Waals surface area (Å²) in [4.78, 5) is 33.0. The maximum atomic E-state index is 12.3. The maximum Gasteiger partial charge on any atom is 0.271 e. The van der Waals surface area contributed by atoms with E-state index in [1.165, 1.54) is 16.9 Å². The molecule has 0 aliphatic heterocycles. The number of aromatic nitrogens is 4. The molecular formula is C21H16ClN5O2. The Bertz CT molecular complexity index is 1240. The minimum absolute atomic E-state index is 0.221. The van der Waals surface area contributed by atoms with Crippen molar-refractivity contribution in [2.45, 2.75) is 6.54 Å². The normalized spacial score (nSPS) is 10.8. The lowest BCUT2D eigenvalue weighted by atomic mass is 10.1. The minimum Gasteiger partial charge on any atom is -0.349 e. The van der Waals surface area contributed by atoms with E-state index in [-0.39, 0.29) is 30.2 Å². The van der Waals surface area contributed by atoms with Crippen LogP contribution in [0, 0.1) is 0 Å². The summed E-state index contributed by atoms with van der Waals surface area (Å²) in [6.07, 6.45) is 1.43. The first-order valence-corrected chi connectivity index (χ1v) is 9.32. The Morgan fingerprint density at radius 1 is 1.00 bits per heavy atom. The monoisotopic (exact) mass is 405 g/mol. The summed E-state index contributed by atoms with van der Waals surface area (Å²) in [7, 11) is 0. The maximum absolute atomic E-state index is 12.3. The van der Waals surface area contributed by atoms with Gasteiger partial charge in [-0.25, -0.2) is 9.67 Å². The fraction of sp³-hybridized carbons (Fsp3) is 0.0952. The Kier molecular flexibility index (Phi) is 5.31. The summed E-state index contributed by atoms with van der Waals surface area (Å²) in [5.41, 5.74) is 2.83. The van der Waals surface area contributed by atoms with Gasteiger partial charge >= 0.3 is 0 Å². The molecule has 0 unspecified atom stereocenters. The predicted octanol–water partition coefficient (Wildman–Crippen LogP) is 2.94. The molecule has 29 heavy (non-hydrogen) atoms. The van der Waals surface area contributed by atoms with E-state index in [9.17, 15) is 9.59 Å². The van der Waals surface area contributed by atoms with E-state index in [4.69, 9.17) is 11.6 Å². The zero-order valence-corrected chi connectivity index (χ0v) is 16.0. The number of nitrogens with one attached hydrogen (secondary N) is 1. The average Bonchev–Trinajstić information content (AvgIpc) is 2.75. The van der Waals surface area contributed by atoms with Crippen LogP contribution in [-0.4, -0.2) is 32.2 Å². The lowest BCUT2D eigenvalue weighted by molar-refractivity contribution is 0.0947. The molecule has 0 radical (unpaired) electrons. The summed E-state index contributed by atoms with van der Waals surface area (Å²) >= 11 is 5.91. The SMILES string of the molecule is O=C(NCCn1nc(-c2ccc(Cl)cc2)ccc1=O)c1cnc2ccccc2n1. The lowest BCUT2D eigenvalue weighted by Crippen LogP contribution is -2.32. The molecule has 2 aromatic heterocycles. The van der Waals surface area contributed by atoms with Gasteiger partial charge in [0.1, 0.15) is 5.69 Å². The van der Waals surface area contributed by atoms with Gasteiger partial charge in [0.15, 0.2) is 0 Å². The highest BCUT2D eigenvalue weighted by Gasteiger charge is 2.09. The number of hydrogen-bond acceptors (Lipinski definition) is 5. The number of amides is 1. The third kappa shape index (κ3) is 4.30. The second-order valence-corrected chi connectivity index (χ2v) is 6.72. The second-order valence-electron chi connectivity index (χ2n) is 6.29. The van der Waals surface area contributed by atoms with Gasteiger partial charge in [-0.1, -0.05) is 35.9 Å². The molecule has 8 heteroatoms. The Morgan fingerprint density at radius 3 is 2.55 bits per heavy atom. The van der Waals surface area contributed by atoms with Crippen LogP contribution in [0.2, 0.25) is 5.02 Å². The first kappa shape index (κ1) is 18.8. The van der Waals surface area contributed by atoms with Crippen molar-refractivity contribution in [1.82, 2.24) is 25.1 Å². The van der Waals surface area contributed by atoms with Crippen molar-refractivity contribution in [3.63, 3.8) is 0 Å². The van der Waals surface area contributed by atoms with Crippen LogP contribution < -0.4 is 10.9 Å². The lowest BCUT2D eigenvalue weighted by Gasteiger charge is -2.09. The highest BCUT2D eigenvalue weighted by Crippen LogP contribution is 2.18. The van der Waals surface area contributed by atoms with E-state index < -0.39 is 0 Å². The van der Waals surface area contributed by atoms with Gasteiger partial charge in [-0.15, -0.1) is 0 Å². The molecule has 0 bridgehead atoms. The summed E-state index contributed by atoms with van der Waals surface area (Å²) in [6, 6.07) is 17.6. The number of fused-ring (bicyclic) bond motifs is 1. The first-order chi connectivity index (χ1) is 14.1. The zero-order chi connectivity index (χ0) is 20.2. The van der Waals surface area contributed by atoms with Crippen molar-refractivity contribution in [3.8, 4) is 11.3 Å². The van der Waals surface area contributed by atoms with Gasteiger partial charge in [0.2, 0.25) is 0 Å². The number of nitrogens with zero attached hydrogens (tertiary/aromatic N) is 4. The molecule has 0 aliphatic carbocycles. The molecule has 2 heterocycles. The Balaban J connectivity index is 1.44. The summed E-state index contributed by atoms with van der Waals surface area (Å²) < 4.78 is 1.32. The molecule has 0 saturated carbocycles. The third-order valence-electron chi connectivity index (χ3n) is 4.30. The van der Waals surface area contributed by atoms with Gasteiger partial charge in [-0.2, -0.15) is 5.10 Å².